The fourth-order valence-corrected chi connectivity index (χ4v) is 15.5. The Morgan fingerprint density at radius 1 is 0.235 bits per heavy atom. The molecule has 0 bridgehead atoms. The number of hydrogen-bond donors (Lipinski definition) is 0. The average molecular weight is 1300 g/mol. The summed E-state index contributed by atoms with van der Waals surface area (Å²) in [5, 5.41) is 1.94. The van der Waals surface area contributed by atoms with Crippen LogP contribution in [0.3, 0.4) is 0 Å². The van der Waals surface area contributed by atoms with Crippen molar-refractivity contribution in [2.24, 2.45) is 0 Å². The van der Waals surface area contributed by atoms with Gasteiger partial charge in [-0.1, -0.05) is 267 Å². The number of hydrogen-bond acceptors (Lipinski definition) is 9. The van der Waals surface area contributed by atoms with Crippen LogP contribution in [-0.2, 0) is 5.41 Å². The van der Waals surface area contributed by atoms with Crippen molar-refractivity contribution >= 4 is 33.0 Å². The monoisotopic (exact) mass is 1300 g/mol. The number of para-hydroxylation sites is 2. The molecular weight excluding hydrogens is 1250 g/mol. The van der Waals surface area contributed by atoms with Gasteiger partial charge >= 0.3 is 0 Å². The summed E-state index contributed by atoms with van der Waals surface area (Å²) < 4.78 is 6.76. The van der Waals surface area contributed by atoms with Gasteiger partial charge < -0.3 is 4.42 Å². The topological polar surface area (TPSA) is 116 Å². The molecule has 18 aromatic rings. The standard InChI is InChI=1S/C93H56N8O/c1-4-20-59(21-5-1)87-96-88(60-22-6-2-7-23-60)98-90(97-87)62-41-37-57(38-42-62)64-26-18-27-65(50-64)66-46-48-80-77(54-66)73-30-11-15-34-79(73)93(80)78-33-14-10-29-72(78)74-47-45-67(55-81(74)93)58-39-43-63(44-40-58)91-99-89(61-24-8-3-9-25-61)100-92(101-91)71-52-69(68-28-19-49-94-56-68)51-70(53-71)84-75-31-12-16-35-82(75)95-85-76-32-13-17-36-83(76)102-86(84)85/h1-56H. The van der Waals surface area contributed by atoms with E-state index < -0.39 is 5.41 Å². The first-order valence-electron chi connectivity index (χ1n) is 34.3. The van der Waals surface area contributed by atoms with Gasteiger partial charge in [0.2, 0.25) is 0 Å². The summed E-state index contributed by atoms with van der Waals surface area (Å²) in [5.74, 6) is 3.56. The summed E-state index contributed by atoms with van der Waals surface area (Å²) >= 11 is 0. The van der Waals surface area contributed by atoms with E-state index in [1.807, 2.05) is 128 Å². The first-order chi connectivity index (χ1) is 50.5. The van der Waals surface area contributed by atoms with Crippen molar-refractivity contribution in [2.75, 3.05) is 0 Å². The summed E-state index contributed by atoms with van der Waals surface area (Å²) in [7, 11) is 0. The molecule has 1 spiro atoms. The highest BCUT2D eigenvalue weighted by atomic mass is 16.3. The van der Waals surface area contributed by atoms with E-state index in [2.05, 4.69) is 211 Å². The van der Waals surface area contributed by atoms with Crippen LogP contribution < -0.4 is 0 Å². The molecule has 0 aliphatic heterocycles. The Balaban J connectivity index is 0.657. The molecule has 1 unspecified atom stereocenters. The van der Waals surface area contributed by atoms with E-state index in [9.17, 15) is 0 Å². The fourth-order valence-electron chi connectivity index (χ4n) is 15.5. The Morgan fingerprint density at radius 3 is 1.25 bits per heavy atom. The first kappa shape index (κ1) is 58.4. The summed E-state index contributed by atoms with van der Waals surface area (Å²) in [6.45, 7) is 0. The molecule has 102 heavy (non-hydrogen) atoms. The average Bonchev–Trinajstić information content (AvgIpc) is 1.51. The highest BCUT2D eigenvalue weighted by Crippen LogP contribution is 2.63. The highest BCUT2D eigenvalue weighted by Gasteiger charge is 2.51. The lowest BCUT2D eigenvalue weighted by Gasteiger charge is -2.30. The minimum atomic E-state index is -0.565. The lowest BCUT2D eigenvalue weighted by atomic mass is 9.70. The minimum Gasteiger partial charge on any atom is -0.454 e. The van der Waals surface area contributed by atoms with Gasteiger partial charge in [0.1, 0.15) is 11.1 Å². The predicted molar refractivity (Wildman–Crippen MR) is 410 cm³/mol. The van der Waals surface area contributed by atoms with Gasteiger partial charge in [0, 0.05) is 67.7 Å². The van der Waals surface area contributed by atoms with Crippen molar-refractivity contribution in [1.29, 1.82) is 0 Å². The Kier molecular flexibility index (Phi) is 13.6. The van der Waals surface area contributed by atoms with Crippen LogP contribution in [0, 0.1) is 0 Å². The molecule has 20 rings (SSSR count). The Morgan fingerprint density at radius 2 is 0.647 bits per heavy atom. The van der Waals surface area contributed by atoms with E-state index in [4.69, 9.17) is 39.3 Å². The minimum absolute atomic E-state index is 0.534. The van der Waals surface area contributed by atoms with E-state index >= 15 is 0 Å². The maximum Gasteiger partial charge on any atom is 0.164 e. The first-order valence-corrected chi connectivity index (χ1v) is 34.3. The molecule has 9 heteroatoms. The molecule has 5 aromatic heterocycles. The molecule has 0 saturated carbocycles. The molecule has 2 aliphatic rings. The largest absolute Gasteiger partial charge is 0.454 e. The zero-order chi connectivity index (χ0) is 67.2. The van der Waals surface area contributed by atoms with Crippen molar-refractivity contribution in [3.05, 3.63) is 362 Å². The van der Waals surface area contributed by atoms with E-state index in [0.29, 0.717) is 40.5 Å². The Hall–Kier alpha value is -13.8. The van der Waals surface area contributed by atoms with Crippen LogP contribution in [0.4, 0.5) is 0 Å². The van der Waals surface area contributed by atoms with Crippen LogP contribution in [0.15, 0.2) is 344 Å². The second-order valence-electron chi connectivity index (χ2n) is 26.1. The summed E-state index contributed by atoms with van der Waals surface area (Å²) in [6.07, 6.45) is 3.69. The molecular formula is C93H56N8O. The van der Waals surface area contributed by atoms with Gasteiger partial charge in [-0.15, -0.1) is 0 Å². The Bertz CT molecular complexity index is 6300. The molecule has 13 aromatic carbocycles. The number of pyridine rings is 2. The van der Waals surface area contributed by atoms with Crippen LogP contribution >= 0.6 is 0 Å². The summed E-state index contributed by atoms with van der Waals surface area (Å²) in [4.78, 5) is 40.6. The van der Waals surface area contributed by atoms with Crippen molar-refractivity contribution < 1.29 is 4.42 Å². The third-order valence-corrected chi connectivity index (χ3v) is 20.3. The van der Waals surface area contributed by atoms with Gasteiger partial charge in [0.25, 0.3) is 0 Å². The quantitative estimate of drug-likeness (QED) is 0.125. The summed E-state index contributed by atoms with van der Waals surface area (Å²) in [6, 6.07) is 116. The predicted octanol–water partition coefficient (Wildman–Crippen LogP) is 22.6. The molecule has 9 nitrogen and oxygen atoms in total. The molecule has 474 valence electrons. The van der Waals surface area contributed by atoms with Gasteiger partial charge in [-0.3, -0.25) is 4.98 Å². The lowest BCUT2D eigenvalue weighted by Crippen LogP contribution is -2.25. The van der Waals surface area contributed by atoms with Crippen molar-refractivity contribution in [1.82, 2.24) is 39.9 Å². The second kappa shape index (κ2) is 23.8. The number of rotatable bonds is 11. The third-order valence-electron chi connectivity index (χ3n) is 20.3. The number of fused-ring (bicyclic) bond motifs is 14. The van der Waals surface area contributed by atoms with Crippen molar-refractivity contribution in [3.8, 4) is 146 Å². The lowest BCUT2D eigenvalue weighted by molar-refractivity contribution is 0.670. The maximum atomic E-state index is 6.76. The van der Waals surface area contributed by atoms with Crippen LogP contribution in [0.2, 0.25) is 0 Å². The SMILES string of the molecule is c1ccc(-c2nc(-c3ccccc3)nc(-c3ccc(-c4cccc(-c5ccc6c(c5)-c5ccccc5C65c6ccccc6-c6ccc(-c7ccc(-c8nc(-c9ccccc9)nc(-c9cc(-c%10cccnc%10)cc(-c%10c%11ccccc%11nc%11c%10oc%10ccccc%10%11)c9)n8)cc7)cc65)c4)cc3)n2)cc1. The van der Waals surface area contributed by atoms with Gasteiger partial charge in [-0.05, 0) is 150 Å². The highest BCUT2D eigenvalue weighted by molar-refractivity contribution is 6.15. The second-order valence-corrected chi connectivity index (χ2v) is 26.1. The van der Waals surface area contributed by atoms with Crippen LogP contribution in [-0.4, -0.2) is 39.9 Å². The molecule has 5 heterocycles. The molecule has 0 amide bonds. The van der Waals surface area contributed by atoms with Gasteiger partial charge in [0.15, 0.2) is 40.5 Å². The normalized spacial score (nSPS) is 13.3. The van der Waals surface area contributed by atoms with E-state index in [1.54, 1.807) is 6.20 Å². The van der Waals surface area contributed by atoms with Crippen molar-refractivity contribution in [2.45, 2.75) is 5.41 Å². The third kappa shape index (κ3) is 9.69. The molecule has 0 N–H and O–H groups in total. The number of benzene rings is 13. The van der Waals surface area contributed by atoms with Gasteiger partial charge in [-0.2, -0.15) is 0 Å². The number of furan rings is 1. The number of nitrogens with zero attached hydrogens (tertiary/aromatic N) is 8. The maximum absolute atomic E-state index is 6.76. The molecule has 0 fully saturated rings. The van der Waals surface area contributed by atoms with Crippen LogP contribution in [0.25, 0.3) is 179 Å². The number of aromatic nitrogens is 8. The van der Waals surface area contributed by atoms with Crippen molar-refractivity contribution in [3.63, 3.8) is 0 Å². The van der Waals surface area contributed by atoms with Crippen LogP contribution in [0.5, 0.6) is 0 Å². The van der Waals surface area contributed by atoms with Gasteiger partial charge in [0.05, 0.1) is 10.9 Å². The Labute approximate surface area is 587 Å². The van der Waals surface area contributed by atoms with Gasteiger partial charge in [-0.25, -0.2) is 34.9 Å². The fraction of sp³-hybridized carbons (Fsp3) is 0.0108. The van der Waals surface area contributed by atoms with E-state index in [1.165, 1.54) is 44.5 Å². The van der Waals surface area contributed by atoms with Crippen LogP contribution in [0.1, 0.15) is 22.3 Å². The molecule has 1 atom stereocenters. The zero-order valence-electron chi connectivity index (χ0n) is 54.8. The summed E-state index contributed by atoms with van der Waals surface area (Å²) in [5.41, 5.74) is 28.5. The zero-order valence-corrected chi connectivity index (χ0v) is 54.8. The molecule has 0 saturated heterocycles. The molecule has 0 radical (unpaired) electrons. The van der Waals surface area contributed by atoms with E-state index in [0.717, 1.165) is 116 Å². The smallest absolute Gasteiger partial charge is 0.164 e. The molecule has 2 aliphatic carbocycles. The van der Waals surface area contributed by atoms with E-state index in [-0.39, 0.29) is 0 Å².